The average Bonchev–Trinajstić information content (AvgIpc) is 2.65. The van der Waals surface area contributed by atoms with Crippen molar-refractivity contribution >= 4 is 11.9 Å². The Morgan fingerprint density at radius 3 is 2.20 bits per heavy atom. The van der Waals surface area contributed by atoms with Crippen LogP contribution in [0.25, 0.3) is 0 Å². The Morgan fingerprint density at radius 1 is 1.20 bits per heavy atom. The van der Waals surface area contributed by atoms with Gasteiger partial charge >= 0.3 is 5.97 Å². The molecule has 1 N–H and O–H groups in total. The van der Waals surface area contributed by atoms with E-state index in [1.807, 2.05) is 0 Å². The highest BCUT2D eigenvalue weighted by Gasteiger charge is 2.41. The van der Waals surface area contributed by atoms with Crippen molar-refractivity contribution in [3.05, 3.63) is 0 Å². The van der Waals surface area contributed by atoms with Gasteiger partial charge in [-0.1, -0.05) is 46.0 Å². The third kappa shape index (κ3) is 4.50. The summed E-state index contributed by atoms with van der Waals surface area (Å²) in [5.74, 6) is -0.349. The van der Waals surface area contributed by atoms with Gasteiger partial charge in [-0.3, -0.25) is 9.59 Å². The molecule has 0 aromatic carbocycles. The third-order valence-electron chi connectivity index (χ3n) is 4.71. The van der Waals surface area contributed by atoms with Gasteiger partial charge in [-0.25, -0.2) is 0 Å². The van der Waals surface area contributed by atoms with Crippen LogP contribution in [0.15, 0.2) is 0 Å². The lowest BCUT2D eigenvalue weighted by Gasteiger charge is -2.30. The highest BCUT2D eigenvalue weighted by atomic mass is 16.4. The zero-order valence-corrected chi connectivity index (χ0v) is 13.2. The van der Waals surface area contributed by atoms with E-state index in [0.29, 0.717) is 25.3 Å². The molecule has 1 saturated carbocycles. The van der Waals surface area contributed by atoms with E-state index in [4.69, 9.17) is 0 Å². The van der Waals surface area contributed by atoms with Gasteiger partial charge in [0.1, 0.15) is 0 Å². The molecule has 1 rings (SSSR count). The maximum absolute atomic E-state index is 12.3. The summed E-state index contributed by atoms with van der Waals surface area (Å²) in [5, 5.41) is 9.60. The number of hydrogen-bond acceptors (Lipinski definition) is 2. The normalized spacial score (nSPS) is 19.9. The molecule has 4 nitrogen and oxygen atoms in total. The minimum Gasteiger partial charge on any atom is -0.481 e. The van der Waals surface area contributed by atoms with Gasteiger partial charge in [0.05, 0.1) is 5.41 Å². The molecule has 1 aliphatic rings. The standard InChI is InChI=1S/C16H29NO3/c1-4-13(2)12-17(3)14(18)11-16(15(19)20)9-7-5-6-8-10-16/h13H,4-12H2,1-3H3,(H,19,20). The smallest absolute Gasteiger partial charge is 0.310 e. The molecule has 0 aliphatic heterocycles. The van der Waals surface area contributed by atoms with Gasteiger partial charge < -0.3 is 10.0 Å². The van der Waals surface area contributed by atoms with Gasteiger partial charge in [0.15, 0.2) is 0 Å². The number of amides is 1. The minimum absolute atomic E-state index is 0.0189. The second-order valence-electron chi connectivity index (χ2n) is 6.46. The molecule has 0 bridgehead atoms. The monoisotopic (exact) mass is 283 g/mol. The molecule has 0 heterocycles. The van der Waals surface area contributed by atoms with Crippen molar-refractivity contribution in [2.75, 3.05) is 13.6 Å². The zero-order chi connectivity index (χ0) is 15.2. The fourth-order valence-electron chi connectivity index (χ4n) is 2.99. The van der Waals surface area contributed by atoms with E-state index in [-0.39, 0.29) is 12.3 Å². The summed E-state index contributed by atoms with van der Waals surface area (Å²) < 4.78 is 0. The van der Waals surface area contributed by atoms with Crippen LogP contribution in [-0.2, 0) is 9.59 Å². The Hall–Kier alpha value is -1.06. The van der Waals surface area contributed by atoms with Crippen LogP contribution in [0.3, 0.4) is 0 Å². The van der Waals surface area contributed by atoms with Crippen molar-refractivity contribution in [3.8, 4) is 0 Å². The Kier molecular flexibility index (Phi) is 6.50. The average molecular weight is 283 g/mol. The molecular weight excluding hydrogens is 254 g/mol. The first-order chi connectivity index (χ1) is 9.41. The van der Waals surface area contributed by atoms with E-state index in [1.54, 1.807) is 11.9 Å². The largest absolute Gasteiger partial charge is 0.481 e. The number of carbonyl (C=O) groups excluding carboxylic acids is 1. The number of carbonyl (C=O) groups is 2. The molecule has 1 amide bonds. The molecule has 1 aliphatic carbocycles. The van der Waals surface area contributed by atoms with E-state index in [2.05, 4.69) is 13.8 Å². The maximum atomic E-state index is 12.3. The quantitative estimate of drug-likeness (QED) is 0.761. The zero-order valence-electron chi connectivity index (χ0n) is 13.2. The van der Waals surface area contributed by atoms with Gasteiger partial charge in [0.2, 0.25) is 5.91 Å². The molecule has 1 unspecified atom stereocenters. The Balaban J connectivity index is 2.69. The molecule has 0 saturated heterocycles. The summed E-state index contributed by atoms with van der Waals surface area (Å²) in [5.41, 5.74) is -0.822. The molecule has 1 atom stereocenters. The van der Waals surface area contributed by atoms with Crippen LogP contribution < -0.4 is 0 Å². The van der Waals surface area contributed by atoms with Crippen LogP contribution in [0.1, 0.15) is 65.2 Å². The Bertz CT molecular complexity index is 333. The predicted octanol–water partition coefficient (Wildman–Crippen LogP) is 3.31. The summed E-state index contributed by atoms with van der Waals surface area (Å²) in [6, 6.07) is 0. The Labute approximate surface area is 122 Å². The summed E-state index contributed by atoms with van der Waals surface area (Å²) in [6.07, 6.45) is 6.51. The van der Waals surface area contributed by atoms with Crippen LogP contribution in [-0.4, -0.2) is 35.5 Å². The van der Waals surface area contributed by atoms with Crippen molar-refractivity contribution in [2.45, 2.75) is 65.2 Å². The number of rotatable bonds is 6. The first-order valence-electron chi connectivity index (χ1n) is 7.88. The van der Waals surface area contributed by atoms with E-state index in [1.165, 1.54) is 0 Å². The van der Waals surface area contributed by atoms with Crippen molar-refractivity contribution < 1.29 is 14.7 Å². The summed E-state index contributed by atoms with van der Waals surface area (Å²) in [4.78, 5) is 25.8. The predicted molar refractivity (Wildman–Crippen MR) is 79.5 cm³/mol. The molecule has 0 radical (unpaired) electrons. The van der Waals surface area contributed by atoms with Gasteiger partial charge in [-0.2, -0.15) is 0 Å². The van der Waals surface area contributed by atoms with Crippen molar-refractivity contribution in [3.63, 3.8) is 0 Å². The summed E-state index contributed by atoms with van der Waals surface area (Å²) in [6.45, 7) is 4.93. The van der Waals surface area contributed by atoms with Crippen LogP contribution in [0.5, 0.6) is 0 Å². The highest BCUT2D eigenvalue weighted by Crippen LogP contribution is 2.38. The molecule has 0 aromatic rings. The number of aliphatic carboxylic acids is 1. The van der Waals surface area contributed by atoms with Gasteiger partial charge in [0.25, 0.3) is 0 Å². The molecular formula is C16H29NO3. The third-order valence-corrected chi connectivity index (χ3v) is 4.71. The maximum Gasteiger partial charge on any atom is 0.310 e. The van der Waals surface area contributed by atoms with Crippen LogP contribution >= 0.6 is 0 Å². The lowest BCUT2D eigenvalue weighted by atomic mass is 9.77. The van der Waals surface area contributed by atoms with Crippen LogP contribution in [0.4, 0.5) is 0 Å². The topological polar surface area (TPSA) is 57.6 Å². The van der Waals surface area contributed by atoms with Crippen LogP contribution in [0, 0.1) is 11.3 Å². The molecule has 0 aromatic heterocycles. The van der Waals surface area contributed by atoms with Crippen molar-refractivity contribution in [1.29, 1.82) is 0 Å². The number of carboxylic acids is 1. The molecule has 1 fully saturated rings. The van der Waals surface area contributed by atoms with Gasteiger partial charge in [-0.05, 0) is 18.8 Å². The molecule has 20 heavy (non-hydrogen) atoms. The van der Waals surface area contributed by atoms with Crippen molar-refractivity contribution in [1.82, 2.24) is 4.90 Å². The molecule has 4 heteroatoms. The SMILES string of the molecule is CCC(C)CN(C)C(=O)CC1(C(=O)O)CCCCCC1. The van der Waals surface area contributed by atoms with E-state index in [0.717, 1.165) is 32.1 Å². The first-order valence-corrected chi connectivity index (χ1v) is 7.88. The van der Waals surface area contributed by atoms with E-state index >= 15 is 0 Å². The van der Waals surface area contributed by atoms with E-state index in [9.17, 15) is 14.7 Å². The molecule has 0 spiro atoms. The van der Waals surface area contributed by atoms with E-state index < -0.39 is 11.4 Å². The van der Waals surface area contributed by atoms with Gasteiger partial charge in [0, 0.05) is 20.0 Å². The fraction of sp³-hybridized carbons (Fsp3) is 0.875. The van der Waals surface area contributed by atoms with Crippen molar-refractivity contribution in [2.24, 2.45) is 11.3 Å². The lowest BCUT2D eigenvalue weighted by molar-refractivity contribution is -0.154. The molecule has 116 valence electrons. The highest BCUT2D eigenvalue weighted by molar-refractivity contribution is 5.85. The Morgan fingerprint density at radius 2 is 1.75 bits per heavy atom. The second-order valence-corrected chi connectivity index (χ2v) is 6.46. The minimum atomic E-state index is -0.822. The number of nitrogens with zero attached hydrogens (tertiary/aromatic N) is 1. The first kappa shape index (κ1) is 17.0. The number of hydrogen-bond donors (Lipinski definition) is 1. The summed E-state index contributed by atoms with van der Waals surface area (Å²) >= 11 is 0. The summed E-state index contributed by atoms with van der Waals surface area (Å²) in [7, 11) is 1.79. The fourth-order valence-corrected chi connectivity index (χ4v) is 2.99. The van der Waals surface area contributed by atoms with Gasteiger partial charge in [-0.15, -0.1) is 0 Å². The van der Waals surface area contributed by atoms with Crippen LogP contribution in [0.2, 0.25) is 0 Å². The lowest BCUT2D eigenvalue weighted by Crippen LogP contribution is -2.39. The second kappa shape index (κ2) is 7.65. The number of carboxylic acid groups (broad SMARTS) is 1.